The van der Waals surface area contributed by atoms with Gasteiger partial charge >= 0.3 is 11.7 Å². The normalized spacial score (nSPS) is 26.4. The zero-order chi connectivity index (χ0) is 21.4. The Hall–Kier alpha value is -1.98. The summed E-state index contributed by atoms with van der Waals surface area (Å²) in [7, 11) is 0. The first-order valence-electron chi connectivity index (χ1n) is 9.40. The molecule has 2 atom stereocenters. The van der Waals surface area contributed by atoms with E-state index in [9.17, 15) is 24.3 Å². The maximum Gasteiger partial charge on any atom is 0.328 e. The molecule has 0 bridgehead atoms. The number of aromatic nitrogens is 2. The van der Waals surface area contributed by atoms with E-state index in [0.717, 1.165) is 0 Å². The number of hydrogen-bond donors (Lipinski definition) is 3. The minimum Gasteiger partial charge on any atom is -0.481 e. The molecule has 0 radical (unpaired) electrons. The Bertz CT molecular complexity index is 915. The maximum absolute atomic E-state index is 12.2. The third-order valence-electron chi connectivity index (χ3n) is 5.79. The fourth-order valence-electron chi connectivity index (χ4n) is 4.19. The smallest absolute Gasteiger partial charge is 0.328 e. The number of ether oxygens (including phenoxy) is 1. The first-order valence-corrected chi connectivity index (χ1v) is 10.2. The second-order valence-corrected chi connectivity index (χ2v) is 8.82. The number of carbonyl (C=O) groups excluding carboxylic acids is 1. The highest BCUT2D eigenvalue weighted by molar-refractivity contribution is 9.10. The van der Waals surface area contributed by atoms with Crippen LogP contribution in [-0.4, -0.2) is 67.4 Å². The van der Waals surface area contributed by atoms with Gasteiger partial charge in [0, 0.05) is 32.1 Å². The summed E-state index contributed by atoms with van der Waals surface area (Å²) < 4.78 is 7.55. The number of carbonyl (C=O) groups is 2. The number of carboxylic acid groups (broad SMARTS) is 1. The van der Waals surface area contributed by atoms with Gasteiger partial charge in [-0.15, -0.1) is 0 Å². The van der Waals surface area contributed by atoms with Crippen LogP contribution in [0.4, 0.5) is 0 Å². The molecule has 0 unspecified atom stereocenters. The summed E-state index contributed by atoms with van der Waals surface area (Å²) in [4.78, 5) is 50.4. The first kappa shape index (κ1) is 21.7. The highest BCUT2D eigenvalue weighted by Crippen LogP contribution is 2.43. The second kappa shape index (κ2) is 8.04. The Morgan fingerprint density at radius 1 is 1.31 bits per heavy atom. The molecule has 3 heterocycles. The Morgan fingerprint density at radius 3 is 2.55 bits per heavy atom. The Kier molecular flexibility index (Phi) is 6.02. The van der Waals surface area contributed by atoms with Gasteiger partial charge in [-0.1, -0.05) is 0 Å². The van der Waals surface area contributed by atoms with Gasteiger partial charge in [-0.25, -0.2) is 4.79 Å². The van der Waals surface area contributed by atoms with Crippen LogP contribution in [0.2, 0.25) is 0 Å². The van der Waals surface area contributed by atoms with E-state index in [0.29, 0.717) is 25.9 Å². The second-order valence-electron chi connectivity index (χ2n) is 7.96. The van der Waals surface area contributed by atoms with E-state index < -0.39 is 34.5 Å². The van der Waals surface area contributed by atoms with Gasteiger partial charge in [0.05, 0.1) is 34.7 Å². The molecular weight excluding hydrogens is 450 g/mol. The third-order valence-corrected chi connectivity index (χ3v) is 6.35. The van der Waals surface area contributed by atoms with E-state index in [2.05, 4.69) is 20.9 Å². The Labute approximate surface area is 174 Å². The van der Waals surface area contributed by atoms with Crippen molar-refractivity contribution in [3.63, 3.8) is 0 Å². The van der Waals surface area contributed by atoms with Gasteiger partial charge in [0.25, 0.3) is 5.56 Å². The molecule has 0 aromatic carbocycles. The number of H-pyrrole nitrogens is 1. The lowest BCUT2D eigenvalue weighted by Gasteiger charge is -2.51. The van der Waals surface area contributed by atoms with Crippen LogP contribution >= 0.6 is 15.9 Å². The number of amides is 1. The fraction of sp³-hybridized carbons (Fsp3) is 0.667. The maximum atomic E-state index is 12.2. The summed E-state index contributed by atoms with van der Waals surface area (Å²) in [6.45, 7) is 2.56. The summed E-state index contributed by atoms with van der Waals surface area (Å²) in [5.41, 5.74) is -3.05. The van der Waals surface area contributed by atoms with Crippen molar-refractivity contribution in [2.24, 2.45) is 0 Å². The van der Waals surface area contributed by atoms with Crippen LogP contribution in [0.15, 0.2) is 20.3 Å². The molecule has 1 spiro atoms. The number of piperidine rings is 1. The number of aromatic amines is 1. The summed E-state index contributed by atoms with van der Waals surface area (Å²) in [5, 5.41) is 19.8. The lowest BCUT2D eigenvalue weighted by atomic mass is 9.75. The molecule has 1 aromatic heterocycles. The van der Waals surface area contributed by atoms with Crippen molar-refractivity contribution >= 4 is 27.8 Å². The molecule has 0 saturated carbocycles. The molecule has 1 amide bonds. The van der Waals surface area contributed by atoms with E-state index >= 15 is 0 Å². The van der Waals surface area contributed by atoms with Crippen LogP contribution < -0.4 is 11.2 Å². The standard InChI is InChI=1S/C18H24BrN3O7/c1-17(28)10-18(4-6-21(7-5-18)13(23)2-3-14(24)25)29-9-12(17)22-8-11(19)15(26)20-16(22)27/h8,12,28H,2-7,9-10H2,1H3,(H,24,25)(H,20,26,27)/t12-,17-/m0/s1. The van der Waals surface area contributed by atoms with Gasteiger partial charge in [0.15, 0.2) is 0 Å². The average Bonchev–Trinajstić information content (AvgIpc) is 2.63. The van der Waals surface area contributed by atoms with Crippen LogP contribution in [0.1, 0.15) is 45.1 Å². The molecule has 2 aliphatic heterocycles. The lowest BCUT2D eigenvalue weighted by molar-refractivity contribution is -0.198. The van der Waals surface area contributed by atoms with Crippen LogP contribution in [-0.2, 0) is 14.3 Å². The Morgan fingerprint density at radius 2 is 1.97 bits per heavy atom. The summed E-state index contributed by atoms with van der Waals surface area (Å²) >= 11 is 3.10. The molecule has 1 aromatic rings. The average molecular weight is 474 g/mol. The highest BCUT2D eigenvalue weighted by atomic mass is 79.9. The minimum absolute atomic E-state index is 0.0347. The van der Waals surface area contributed by atoms with Crippen LogP contribution in [0, 0.1) is 0 Å². The van der Waals surface area contributed by atoms with Crippen molar-refractivity contribution in [3.05, 3.63) is 31.5 Å². The van der Waals surface area contributed by atoms with Gasteiger partial charge in [-0.3, -0.25) is 23.9 Å². The SMILES string of the molecule is C[C@]1(O)CC2(CCN(C(=O)CCC(=O)O)CC2)OC[C@@H]1n1cc(Br)c(=O)[nH]c1=O. The predicted molar refractivity (Wildman–Crippen MR) is 105 cm³/mol. The topological polar surface area (TPSA) is 142 Å². The number of aliphatic carboxylic acids is 1. The number of nitrogens with zero attached hydrogens (tertiary/aromatic N) is 2. The quantitative estimate of drug-likeness (QED) is 0.568. The molecule has 10 nitrogen and oxygen atoms in total. The van der Waals surface area contributed by atoms with Crippen molar-refractivity contribution < 1.29 is 24.5 Å². The van der Waals surface area contributed by atoms with Gasteiger partial charge < -0.3 is 19.8 Å². The molecule has 0 aliphatic carbocycles. The minimum atomic E-state index is -1.27. The number of hydrogen-bond acceptors (Lipinski definition) is 6. The summed E-state index contributed by atoms with van der Waals surface area (Å²) in [6.07, 6.45) is 2.41. The van der Waals surface area contributed by atoms with Crippen LogP contribution in [0.25, 0.3) is 0 Å². The lowest BCUT2D eigenvalue weighted by Crippen LogP contribution is -2.59. The summed E-state index contributed by atoms with van der Waals surface area (Å²) in [5.74, 6) is -1.21. The molecule has 2 saturated heterocycles. The molecule has 2 aliphatic rings. The van der Waals surface area contributed by atoms with Crippen LogP contribution in [0.3, 0.4) is 0 Å². The monoisotopic (exact) mass is 473 g/mol. The van der Waals surface area contributed by atoms with Crippen molar-refractivity contribution in [2.45, 2.75) is 56.3 Å². The number of halogens is 1. The van der Waals surface area contributed by atoms with E-state index in [1.165, 1.54) is 10.8 Å². The molecular formula is C18H24BrN3O7. The first-order chi connectivity index (χ1) is 13.5. The predicted octanol–water partition coefficient (Wildman–Crippen LogP) is 0.238. The molecule has 3 N–H and O–H groups in total. The highest BCUT2D eigenvalue weighted by Gasteiger charge is 2.50. The largest absolute Gasteiger partial charge is 0.481 e. The van der Waals surface area contributed by atoms with Crippen LogP contribution in [0.5, 0.6) is 0 Å². The number of aliphatic hydroxyl groups is 1. The summed E-state index contributed by atoms with van der Waals surface area (Å²) in [6, 6.07) is -0.677. The zero-order valence-electron chi connectivity index (χ0n) is 16.0. The van der Waals surface area contributed by atoms with Crippen molar-refractivity contribution in [3.8, 4) is 0 Å². The molecule has 3 rings (SSSR count). The van der Waals surface area contributed by atoms with E-state index in [1.807, 2.05) is 0 Å². The van der Waals surface area contributed by atoms with E-state index in [4.69, 9.17) is 9.84 Å². The van der Waals surface area contributed by atoms with Crippen molar-refractivity contribution in [2.75, 3.05) is 19.7 Å². The zero-order valence-corrected chi connectivity index (χ0v) is 17.6. The number of likely N-dealkylation sites (tertiary alicyclic amines) is 1. The molecule has 29 heavy (non-hydrogen) atoms. The number of nitrogens with one attached hydrogen (secondary N) is 1. The fourth-order valence-corrected chi connectivity index (χ4v) is 4.50. The number of rotatable bonds is 4. The van der Waals surface area contributed by atoms with E-state index in [1.54, 1.807) is 11.8 Å². The van der Waals surface area contributed by atoms with Gasteiger partial charge in [-0.2, -0.15) is 0 Å². The van der Waals surface area contributed by atoms with E-state index in [-0.39, 0.29) is 36.2 Å². The van der Waals surface area contributed by atoms with Gasteiger partial charge in [-0.05, 0) is 35.7 Å². The van der Waals surface area contributed by atoms with Crippen molar-refractivity contribution in [1.82, 2.24) is 14.5 Å². The molecule has 2 fully saturated rings. The third kappa shape index (κ3) is 4.62. The van der Waals surface area contributed by atoms with Gasteiger partial charge in [0.2, 0.25) is 5.91 Å². The number of carboxylic acids is 1. The Balaban J connectivity index is 1.69. The molecule has 11 heteroatoms. The van der Waals surface area contributed by atoms with Crippen molar-refractivity contribution in [1.29, 1.82) is 0 Å². The van der Waals surface area contributed by atoms with Gasteiger partial charge in [0.1, 0.15) is 0 Å². The molecule has 160 valence electrons.